The number of nitrogens with zero attached hydrogens (tertiary/aromatic N) is 1. The van der Waals surface area contributed by atoms with Gasteiger partial charge in [-0.3, -0.25) is 4.79 Å². The molecule has 0 aliphatic carbocycles. The van der Waals surface area contributed by atoms with E-state index in [4.69, 9.17) is 0 Å². The second-order valence-electron chi connectivity index (χ2n) is 8.02. The van der Waals surface area contributed by atoms with Crippen LogP contribution in [-0.4, -0.2) is 29.9 Å². The lowest BCUT2D eigenvalue weighted by Gasteiger charge is -2.24. The third-order valence-corrected chi connectivity index (χ3v) is 5.19. The third kappa shape index (κ3) is 8.80. The number of rotatable bonds is 9. The molecule has 0 aromatic heterocycles. The van der Waals surface area contributed by atoms with Gasteiger partial charge in [0, 0.05) is 25.2 Å². The predicted molar refractivity (Wildman–Crippen MR) is 120 cm³/mol. The summed E-state index contributed by atoms with van der Waals surface area (Å²) in [6.45, 7) is 3.76. The van der Waals surface area contributed by atoms with Crippen LogP contribution >= 0.6 is 0 Å². The summed E-state index contributed by atoms with van der Waals surface area (Å²) >= 11 is 0. The van der Waals surface area contributed by atoms with Crippen LogP contribution in [0.4, 0.5) is 36.8 Å². The number of halogens is 6. The molecule has 11 heteroatoms. The van der Waals surface area contributed by atoms with Gasteiger partial charge in [-0.2, -0.15) is 26.3 Å². The van der Waals surface area contributed by atoms with Crippen molar-refractivity contribution in [2.75, 3.05) is 18.4 Å². The Morgan fingerprint density at radius 1 is 0.914 bits per heavy atom. The first kappa shape index (κ1) is 28.0. The first-order valence-electron chi connectivity index (χ1n) is 11.0. The van der Waals surface area contributed by atoms with Crippen LogP contribution in [0.3, 0.4) is 0 Å². The van der Waals surface area contributed by atoms with E-state index in [0.717, 1.165) is 5.56 Å². The lowest BCUT2D eigenvalue weighted by molar-refractivity contribution is -0.143. The second-order valence-corrected chi connectivity index (χ2v) is 8.02. The number of hydrogen-bond acceptors (Lipinski definition) is 2. The monoisotopic (exact) mass is 503 g/mol. The molecule has 2 N–H and O–H groups in total. The Bertz CT molecular complexity index is 961. The number of alkyl halides is 6. The van der Waals surface area contributed by atoms with Crippen LogP contribution in [0.15, 0.2) is 48.5 Å². The van der Waals surface area contributed by atoms with Crippen molar-refractivity contribution in [2.45, 2.75) is 51.5 Å². The zero-order valence-corrected chi connectivity index (χ0v) is 19.3. The predicted octanol–water partition coefficient (Wildman–Crippen LogP) is 6.63. The highest BCUT2D eigenvalue weighted by atomic mass is 19.4. The molecule has 0 heterocycles. The summed E-state index contributed by atoms with van der Waals surface area (Å²) in [5.74, 6) is -0.353. The van der Waals surface area contributed by atoms with E-state index in [1.165, 1.54) is 4.90 Å². The molecule has 2 aromatic rings. The summed E-state index contributed by atoms with van der Waals surface area (Å²) < 4.78 is 78.6. The van der Waals surface area contributed by atoms with Gasteiger partial charge in [-0.1, -0.05) is 43.7 Å². The summed E-state index contributed by atoms with van der Waals surface area (Å²) in [7, 11) is 0. The fourth-order valence-corrected chi connectivity index (χ4v) is 3.27. The molecular formula is C24H27F6N3O2. The Labute approximate surface area is 199 Å². The van der Waals surface area contributed by atoms with E-state index >= 15 is 0 Å². The van der Waals surface area contributed by atoms with Crippen molar-refractivity contribution in [3.05, 3.63) is 65.2 Å². The van der Waals surface area contributed by atoms with Gasteiger partial charge in [-0.15, -0.1) is 0 Å². The normalized spacial score (nSPS) is 12.7. The van der Waals surface area contributed by atoms with E-state index in [9.17, 15) is 35.9 Å². The van der Waals surface area contributed by atoms with Gasteiger partial charge in [-0.05, 0) is 37.1 Å². The minimum absolute atomic E-state index is 0.0112. The Balaban J connectivity index is 2.11. The molecule has 1 atom stereocenters. The zero-order chi connectivity index (χ0) is 26.2. The summed E-state index contributed by atoms with van der Waals surface area (Å²) in [6.07, 6.45) is -8.94. The van der Waals surface area contributed by atoms with Crippen molar-refractivity contribution >= 4 is 17.6 Å². The summed E-state index contributed by atoms with van der Waals surface area (Å²) in [5.41, 5.74) is -2.82. The van der Waals surface area contributed by atoms with E-state index in [2.05, 4.69) is 10.6 Å². The number of unbranched alkanes of at least 4 members (excludes halogenated alkanes) is 1. The summed E-state index contributed by atoms with van der Waals surface area (Å²) in [4.78, 5) is 26.3. The molecule has 35 heavy (non-hydrogen) atoms. The smallest absolute Gasteiger partial charge is 0.350 e. The molecule has 0 fully saturated rings. The molecule has 192 valence electrons. The van der Waals surface area contributed by atoms with Crippen molar-refractivity contribution < 1.29 is 35.9 Å². The van der Waals surface area contributed by atoms with Crippen LogP contribution in [0.5, 0.6) is 0 Å². The van der Waals surface area contributed by atoms with Crippen LogP contribution in [-0.2, 0) is 17.1 Å². The molecule has 5 nitrogen and oxygen atoms in total. The lowest BCUT2D eigenvalue weighted by atomic mass is 10.1. The minimum atomic E-state index is -5.03. The number of carbonyl (C=O) groups excluding carboxylic acids is 2. The van der Waals surface area contributed by atoms with Crippen LogP contribution in [0.1, 0.15) is 55.8 Å². The average Bonchev–Trinajstić information content (AvgIpc) is 2.78. The first-order valence-corrected chi connectivity index (χ1v) is 11.0. The van der Waals surface area contributed by atoms with Crippen LogP contribution in [0, 0.1) is 0 Å². The van der Waals surface area contributed by atoms with E-state index in [1.54, 1.807) is 6.92 Å². The van der Waals surface area contributed by atoms with Gasteiger partial charge in [0.1, 0.15) is 0 Å². The highest BCUT2D eigenvalue weighted by molar-refractivity contribution is 5.90. The molecule has 0 bridgehead atoms. The van der Waals surface area contributed by atoms with Gasteiger partial charge < -0.3 is 15.5 Å². The number of amides is 3. The van der Waals surface area contributed by atoms with Crippen LogP contribution < -0.4 is 10.6 Å². The summed E-state index contributed by atoms with van der Waals surface area (Å²) in [6, 6.07) is 8.88. The number of benzene rings is 2. The fraction of sp³-hybridized carbons (Fsp3) is 0.417. The number of carbonyl (C=O) groups is 2. The van der Waals surface area contributed by atoms with Crippen LogP contribution in [0.2, 0.25) is 0 Å². The number of hydrogen-bond donors (Lipinski definition) is 2. The maximum Gasteiger partial charge on any atom is 0.416 e. The molecule has 0 radical (unpaired) electrons. The molecule has 0 saturated carbocycles. The van der Waals surface area contributed by atoms with Crippen molar-refractivity contribution in [2.24, 2.45) is 0 Å². The van der Waals surface area contributed by atoms with Crippen molar-refractivity contribution in [3.8, 4) is 0 Å². The summed E-state index contributed by atoms with van der Waals surface area (Å²) in [5, 5.41) is 4.92. The quantitative estimate of drug-likeness (QED) is 0.378. The van der Waals surface area contributed by atoms with Crippen molar-refractivity contribution in [1.82, 2.24) is 10.2 Å². The average molecular weight is 503 g/mol. The topological polar surface area (TPSA) is 61.4 Å². The number of urea groups is 1. The molecule has 1 unspecified atom stereocenters. The molecule has 0 aliphatic rings. The van der Waals surface area contributed by atoms with E-state index < -0.39 is 35.2 Å². The Morgan fingerprint density at radius 3 is 2.00 bits per heavy atom. The highest BCUT2D eigenvalue weighted by Gasteiger charge is 2.37. The van der Waals surface area contributed by atoms with E-state index in [1.807, 2.05) is 37.3 Å². The molecule has 3 amide bonds. The van der Waals surface area contributed by atoms with Gasteiger partial charge >= 0.3 is 18.4 Å². The third-order valence-electron chi connectivity index (χ3n) is 5.19. The van der Waals surface area contributed by atoms with Gasteiger partial charge in [0.2, 0.25) is 5.91 Å². The highest BCUT2D eigenvalue weighted by Crippen LogP contribution is 2.37. The minimum Gasteiger partial charge on any atom is -0.350 e. The maximum atomic E-state index is 13.1. The Morgan fingerprint density at radius 2 is 1.49 bits per heavy atom. The number of anilines is 1. The van der Waals surface area contributed by atoms with Crippen LogP contribution in [0.25, 0.3) is 0 Å². The number of nitrogens with one attached hydrogen (secondary N) is 2. The fourth-order valence-electron chi connectivity index (χ4n) is 3.27. The molecule has 0 aliphatic heterocycles. The Kier molecular flexibility index (Phi) is 9.55. The molecular weight excluding hydrogens is 476 g/mol. The van der Waals surface area contributed by atoms with Gasteiger partial charge in [0.25, 0.3) is 0 Å². The van der Waals surface area contributed by atoms with Crippen molar-refractivity contribution in [1.29, 1.82) is 0 Å². The standard InChI is InChI=1S/C24H27F6N3O2/c1-3-4-11-33(12-10-21(34)31-16(2)17-8-6-5-7-9-17)22(35)32-20-14-18(23(25,26)27)13-19(15-20)24(28,29)30/h5-9,13-16H,3-4,10-12H2,1-2H3,(H,31,34)(H,32,35). The molecule has 2 aromatic carbocycles. The Hall–Kier alpha value is -3.24. The molecule has 0 saturated heterocycles. The van der Waals surface area contributed by atoms with E-state index in [-0.39, 0.29) is 37.5 Å². The van der Waals surface area contributed by atoms with Gasteiger partial charge in [-0.25, -0.2) is 4.79 Å². The van der Waals surface area contributed by atoms with Gasteiger partial charge in [0.05, 0.1) is 17.2 Å². The molecule has 2 rings (SSSR count). The SMILES string of the molecule is CCCCN(CCC(=O)NC(C)c1ccccc1)C(=O)Nc1cc(C(F)(F)F)cc(C(F)(F)F)c1. The second kappa shape index (κ2) is 11.9. The molecule has 0 spiro atoms. The lowest BCUT2D eigenvalue weighted by Crippen LogP contribution is -2.39. The van der Waals surface area contributed by atoms with E-state index in [0.29, 0.717) is 25.0 Å². The van der Waals surface area contributed by atoms with Crippen molar-refractivity contribution in [3.63, 3.8) is 0 Å². The zero-order valence-electron chi connectivity index (χ0n) is 19.3. The van der Waals surface area contributed by atoms with Gasteiger partial charge in [0.15, 0.2) is 0 Å². The first-order chi connectivity index (χ1) is 16.3. The maximum absolute atomic E-state index is 13.1. The largest absolute Gasteiger partial charge is 0.416 e.